The number of hydrogen-bond donors (Lipinski definition) is 1. The van der Waals surface area contributed by atoms with Crippen LogP contribution in [-0.4, -0.2) is 27.8 Å². The molecule has 1 N–H and O–H groups in total. The highest BCUT2D eigenvalue weighted by molar-refractivity contribution is 7.97. The lowest BCUT2D eigenvalue weighted by atomic mass is 10.1. The lowest BCUT2D eigenvalue weighted by Gasteiger charge is -2.09. The zero-order valence-electron chi connectivity index (χ0n) is 13.9. The Hall–Kier alpha value is -2.60. The van der Waals surface area contributed by atoms with Crippen LogP contribution in [0.15, 0.2) is 48.8 Å². The van der Waals surface area contributed by atoms with Crippen molar-refractivity contribution in [3.8, 4) is 17.1 Å². The van der Waals surface area contributed by atoms with Gasteiger partial charge >= 0.3 is 0 Å². The predicted octanol–water partition coefficient (Wildman–Crippen LogP) is 4.08. The number of ether oxygens (including phenoxy) is 1. The first kappa shape index (κ1) is 15.9. The van der Waals surface area contributed by atoms with Gasteiger partial charge in [-0.15, -0.1) is 0 Å². The van der Waals surface area contributed by atoms with Crippen molar-refractivity contribution in [3.05, 3.63) is 59.9 Å². The van der Waals surface area contributed by atoms with Crippen LogP contribution in [0.5, 0.6) is 5.75 Å². The monoisotopic (exact) mass is 350 g/mol. The summed E-state index contributed by atoms with van der Waals surface area (Å²) in [6, 6.07) is 14.4. The van der Waals surface area contributed by atoms with Crippen LogP contribution in [-0.2, 0) is 12.2 Å². The van der Waals surface area contributed by atoms with Crippen LogP contribution in [0.1, 0.15) is 11.1 Å². The van der Waals surface area contributed by atoms with Gasteiger partial charge in [-0.1, -0.05) is 24.3 Å². The molecule has 25 heavy (non-hydrogen) atoms. The van der Waals surface area contributed by atoms with E-state index in [9.17, 15) is 0 Å². The van der Waals surface area contributed by atoms with Crippen LogP contribution in [0.4, 0.5) is 11.6 Å². The summed E-state index contributed by atoms with van der Waals surface area (Å²) >= 11 is 1.80. The van der Waals surface area contributed by atoms with Crippen molar-refractivity contribution in [2.24, 2.45) is 0 Å². The normalized spacial score (nSPS) is 12.5. The van der Waals surface area contributed by atoms with Crippen molar-refractivity contribution in [1.29, 1.82) is 0 Å². The van der Waals surface area contributed by atoms with Gasteiger partial charge in [0.2, 0.25) is 5.95 Å². The Kier molecular flexibility index (Phi) is 4.52. The van der Waals surface area contributed by atoms with Gasteiger partial charge in [-0.25, -0.2) is 9.97 Å². The van der Waals surface area contributed by atoms with Crippen molar-refractivity contribution < 1.29 is 4.74 Å². The van der Waals surface area contributed by atoms with Gasteiger partial charge in [-0.2, -0.15) is 16.7 Å². The maximum Gasteiger partial charge on any atom is 0.230 e. The summed E-state index contributed by atoms with van der Waals surface area (Å²) in [7, 11) is 0. The second kappa shape index (κ2) is 7.11. The highest BCUT2D eigenvalue weighted by Gasteiger charge is 2.18. The van der Waals surface area contributed by atoms with Gasteiger partial charge in [0.15, 0.2) is 5.82 Å². The molecule has 0 aliphatic carbocycles. The Bertz CT molecular complexity index is 900. The van der Waals surface area contributed by atoms with Crippen molar-refractivity contribution in [2.75, 3.05) is 18.2 Å². The second-order valence-corrected chi connectivity index (χ2v) is 6.65. The number of aromatic nitrogens is 3. The zero-order chi connectivity index (χ0) is 17.1. The molecule has 0 atom stereocenters. The lowest BCUT2D eigenvalue weighted by Crippen LogP contribution is -2.01. The molecule has 6 heteroatoms. The summed E-state index contributed by atoms with van der Waals surface area (Å²) in [6.07, 6.45) is 4.56. The topological polar surface area (TPSA) is 59.9 Å². The fourth-order valence-electron chi connectivity index (χ4n) is 2.91. The molecule has 0 spiro atoms. The minimum atomic E-state index is 0.530. The molecule has 0 saturated heterocycles. The van der Waals surface area contributed by atoms with Gasteiger partial charge in [-0.05, 0) is 35.6 Å². The largest absolute Gasteiger partial charge is 0.492 e. The fourth-order valence-corrected chi connectivity index (χ4v) is 3.43. The van der Waals surface area contributed by atoms with E-state index in [1.165, 1.54) is 17.5 Å². The summed E-state index contributed by atoms with van der Waals surface area (Å²) in [5.74, 6) is 3.02. The fraction of sp³-hybridized carbons (Fsp3) is 0.211. The average Bonchev–Trinajstić information content (AvgIpc) is 3.11. The first-order chi connectivity index (χ1) is 12.3. The Morgan fingerprint density at radius 3 is 3.00 bits per heavy atom. The number of thioether (sulfide) groups is 1. The number of fused-ring (bicyclic) bond motifs is 1. The van der Waals surface area contributed by atoms with Gasteiger partial charge in [-0.3, -0.25) is 0 Å². The molecule has 1 aromatic heterocycles. The standard InChI is InChI=1S/C19H18N4OS/c1-25-11-13-4-2-6-15(10-13)22-19-21-12-20-18(23-19)16-7-3-5-14-8-9-24-17(14)16/h2-7,10,12H,8-9,11H2,1H3,(H,20,21,22,23). The van der Waals surface area contributed by atoms with Crippen molar-refractivity contribution in [1.82, 2.24) is 15.0 Å². The molecule has 0 radical (unpaired) electrons. The van der Waals surface area contributed by atoms with Gasteiger partial charge in [0.1, 0.15) is 12.1 Å². The van der Waals surface area contributed by atoms with E-state index in [1.807, 2.05) is 24.3 Å². The predicted molar refractivity (Wildman–Crippen MR) is 101 cm³/mol. The van der Waals surface area contributed by atoms with E-state index in [0.717, 1.165) is 29.2 Å². The number of benzene rings is 2. The molecule has 2 aromatic carbocycles. The highest BCUT2D eigenvalue weighted by Crippen LogP contribution is 2.35. The number of para-hydroxylation sites is 1. The van der Waals surface area contributed by atoms with Gasteiger partial charge in [0.05, 0.1) is 12.2 Å². The van der Waals surface area contributed by atoms with Gasteiger partial charge in [0, 0.05) is 17.9 Å². The Morgan fingerprint density at radius 1 is 1.16 bits per heavy atom. The Morgan fingerprint density at radius 2 is 2.08 bits per heavy atom. The van der Waals surface area contributed by atoms with E-state index < -0.39 is 0 Å². The van der Waals surface area contributed by atoms with Gasteiger partial charge < -0.3 is 10.1 Å². The summed E-state index contributed by atoms with van der Waals surface area (Å²) < 4.78 is 5.76. The van der Waals surface area contributed by atoms with Crippen LogP contribution in [0.3, 0.4) is 0 Å². The average molecular weight is 350 g/mol. The minimum Gasteiger partial charge on any atom is -0.492 e. The van der Waals surface area contributed by atoms with E-state index in [1.54, 1.807) is 11.8 Å². The molecular formula is C19H18N4OS. The van der Waals surface area contributed by atoms with Crippen LogP contribution < -0.4 is 10.1 Å². The smallest absolute Gasteiger partial charge is 0.230 e. The van der Waals surface area contributed by atoms with E-state index >= 15 is 0 Å². The molecular weight excluding hydrogens is 332 g/mol. The molecule has 1 aliphatic heterocycles. The van der Waals surface area contributed by atoms with E-state index in [0.29, 0.717) is 18.4 Å². The lowest BCUT2D eigenvalue weighted by molar-refractivity contribution is 0.358. The first-order valence-electron chi connectivity index (χ1n) is 8.12. The van der Waals surface area contributed by atoms with E-state index in [-0.39, 0.29) is 0 Å². The number of rotatable bonds is 5. The van der Waals surface area contributed by atoms with E-state index in [4.69, 9.17) is 4.74 Å². The number of anilines is 2. The van der Waals surface area contributed by atoms with Crippen LogP contribution >= 0.6 is 11.8 Å². The maximum absolute atomic E-state index is 5.76. The Labute approximate surface area is 150 Å². The van der Waals surface area contributed by atoms with Crippen molar-refractivity contribution in [3.63, 3.8) is 0 Å². The zero-order valence-corrected chi connectivity index (χ0v) is 14.7. The number of nitrogens with one attached hydrogen (secondary N) is 1. The number of nitrogens with zero attached hydrogens (tertiary/aromatic N) is 3. The molecule has 4 rings (SSSR count). The molecule has 3 aromatic rings. The number of hydrogen-bond acceptors (Lipinski definition) is 6. The maximum atomic E-state index is 5.76. The van der Waals surface area contributed by atoms with Gasteiger partial charge in [0.25, 0.3) is 0 Å². The third-order valence-electron chi connectivity index (χ3n) is 4.02. The molecule has 0 fully saturated rings. The molecule has 0 unspecified atom stereocenters. The third kappa shape index (κ3) is 3.44. The molecule has 0 bridgehead atoms. The third-order valence-corrected chi connectivity index (χ3v) is 4.64. The van der Waals surface area contributed by atoms with Crippen molar-refractivity contribution in [2.45, 2.75) is 12.2 Å². The summed E-state index contributed by atoms with van der Waals surface area (Å²) in [5, 5.41) is 3.27. The van der Waals surface area contributed by atoms with Crippen molar-refractivity contribution >= 4 is 23.4 Å². The summed E-state index contributed by atoms with van der Waals surface area (Å²) in [5.41, 5.74) is 4.35. The molecule has 0 amide bonds. The summed E-state index contributed by atoms with van der Waals surface area (Å²) in [6.45, 7) is 0.713. The minimum absolute atomic E-state index is 0.530. The quantitative estimate of drug-likeness (QED) is 0.748. The van der Waals surface area contributed by atoms with Crippen LogP contribution in [0.25, 0.3) is 11.4 Å². The van der Waals surface area contributed by atoms with E-state index in [2.05, 4.69) is 44.7 Å². The van der Waals surface area contributed by atoms with Crippen LogP contribution in [0.2, 0.25) is 0 Å². The molecule has 126 valence electrons. The highest BCUT2D eigenvalue weighted by atomic mass is 32.2. The molecule has 0 saturated carbocycles. The first-order valence-corrected chi connectivity index (χ1v) is 9.52. The molecule has 1 aliphatic rings. The SMILES string of the molecule is CSCc1cccc(Nc2ncnc(-c3cccc4c3OCC4)n2)c1. The van der Waals surface area contributed by atoms with Crippen LogP contribution in [0, 0.1) is 0 Å². The molecule has 5 nitrogen and oxygen atoms in total. The molecule has 2 heterocycles. The Balaban J connectivity index is 1.62. The summed E-state index contributed by atoms with van der Waals surface area (Å²) in [4.78, 5) is 13.2. The second-order valence-electron chi connectivity index (χ2n) is 5.78.